The molecule has 0 saturated heterocycles. The third-order valence-corrected chi connectivity index (χ3v) is 1.92. The van der Waals surface area contributed by atoms with Crippen molar-refractivity contribution in [3.8, 4) is 0 Å². The van der Waals surface area contributed by atoms with Crippen molar-refractivity contribution < 1.29 is 0 Å². The molecule has 0 spiro atoms. The van der Waals surface area contributed by atoms with E-state index in [0.29, 0.717) is 0 Å². The average Bonchev–Trinajstić information content (AvgIpc) is 1.87. The second-order valence-corrected chi connectivity index (χ2v) is 3.43. The molecule has 0 aromatic rings. The van der Waals surface area contributed by atoms with Crippen molar-refractivity contribution in [3.63, 3.8) is 0 Å². The van der Waals surface area contributed by atoms with E-state index in [1.54, 1.807) is 0 Å². The molecule has 62 valence electrons. The Morgan fingerprint density at radius 2 is 1.60 bits per heavy atom. The Balaban J connectivity index is 3.80. The lowest BCUT2D eigenvalue weighted by molar-refractivity contribution is 0.267. The van der Waals surface area contributed by atoms with Gasteiger partial charge in [0.1, 0.15) is 0 Å². The zero-order valence-corrected chi connectivity index (χ0v) is 7.78. The molecule has 2 N–H and O–H groups in total. The van der Waals surface area contributed by atoms with Crippen molar-refractivity contribution in [2.24, 2.45) is 5.92 Å². The first-order valence-electron chi connectivity index (χ1n) is 3.92. The van der Waals surface area contributed by atoms with Gasteiger partial charge in [-0.15, -0.1) is 0 Å². The van der Waals surface area contributed by atoms with Gasteiger partial charge in [0, 0.05) is 0 Å². The monoisotopic (exact) mass is 144 g/mol. The van der Waals surface area contributed by atoms with Gasteiger partial charge in [-0.3, -0.25) is 0 Å². The maximum absolute atomic E-state index is 3.25. The Morgan fingerprint density at radius 3 is 1.70 bits per heavy atom. The molecule has 0 aromatic carbocycles. The normalized spacial score (nSPS) is 12.6. The van der Waals surface area contributed by atoms with Crippen molar-refractivity contribution in [1.82, 2.24) is 10.6 Å². The Bertz CT molecular complexity index is 85.3. The summed E-state index contributed by atoms with van der Waals surface area (Å²) in [7, 11) is 3.97. The van der Waals surface area contributed by atoms with E-state index in [1.165, 1.54) is 0 Å². The quantitative estimate of drug-likeness (QED) is 0.579. The van der Waals surface area contributed by atoms with Crippen LogP contribution < -0.4 is 10.6 Å². The van der Waals surface area contributed by atoms with Gasteiger partial charge < -0.3 is 10.6 Å². The molecule has 2 nitrogen and oxygen atoms in total. The second-order valence-electron chi connectivity index (χ2n) is 3.43. The van der Waals surface area contributed by atoms with Gasteiger partial charge in [0.2, 0.25) is 0 Å². The minimum Gasteiger partial charge on any atom is -0.303 e. The third kappa shape index (κ3) is 3.18. The van der Waals surface area contributed by atoms with E-state index in [-0.39, 0.29) is 5.66 Å². The van der Waals surface area contributed by atoms with Crippen molar-refractivity contribution in [1.29, 1.82) is 0 Å². The largest absolute Gasteiger partial charge is 0.303 e. The number of hydrogen-bond acceptors (Lipinski definition) is 2. The zero-order chi connectivity index (χ0) is 8.20. The number of hydrogen-bond donors (Lipinski definition) is 2. The lowest BCUT2D eigenvalue weighted by atomic mass is 9.99. The van der Waals surface area contributed by atoms with Crippen LogP contribution in [0.4, 0.5) is 0 Å². The van der Waals surface area contributed by atoms with Gasteiger partial charge in [-0.25, -0.2) is 0 Å². The summed E-state index contributed by atoms with van der Waals surface area (Å²) in [6.07, 6.45) is 1.15. The molecule has 0 aliphatic heterocycles. The molecule has 0 aromatic heterocycles. The molecular weight excluding hydrogens is 124 g/mol. The minimum absolute atomic E-state index is 0.105. The van der Waals surface area contributed by atoms with Crippen molar-refractivity contribution in [3.05, 3.63) is 0 Å². The van der Waals surface area contributed by atoms with Crippen molar-refractivity contribution in [2.75, 3.05) is 14.1 Å². The molecule has 2 heteroatoms. The van der Waals surface area contributed by atoms with Gasteiger partial charge >= 0.3 is 0 Å². The van der Waals surface area contributed by atoms with E-state index in [9.17, 15) is 0 Å². The Morgan fingerprint density at radius 1 is 1.20 bits per heavy atom. The first kappa shape index (κ1) is 9.92. The highest BCUT2D eigenvalue weighted by Gasteiger charge is 2.19. The van der Waals surface area contributed by atoms with Crippen LogP contribution in [0.5, 0.6) is 0 Å². The summed E-state index contributed by atoms with van der Waals surface area (Å²) in [5.74, 6) is 0.727. The van der Waals surface area contributed by atoms with E-state index < -0.39 is 0 Å². The molecule has 0 aliphatic rings. The Kier molecular flexibility index (Phi) is 3.91. The third-order valence-electron chi connectivity index (χ3n) is 1.92. The summed E-state index contributed by atoms with van der Waals surface area (Å²) < 4.78 is 0. The maximum Gasteiger partial charge on any atom is 0.0655 e. The first-order valence-corrected chi connectivity index (χ1v) is 3.92. The van der Waals surface area contributed by atoms with E-state index in [1.807, 2.05) is 14.1 Å². The molecule has 0 fully saturated rings. The van der Waals surface area contributed by atoms with E-state index in [2.05, 4.69) is 31.4 Å². The van der Waals surface area contributed by atoms with Gasteiger partial charge in [-0.05, 0) is 33.4 Å². The molecule has 0 atom stereocenters. The highest BCUT2D eigenvalue weighted by atomic mass is 15.1. The van der Waals surface area contributed by atoms with Gasteiger partial charge in [0.15, 0.2) is 0 Å². The Labute approximate surface area is 64.4 Å². The van der Waals surface area contributed by atoms with Crippen molar-refractivity contribution in [2.45, 2.75) is 32.9 Å². The van der Waals surface area contributed by atoms with Crippen LogP contribution in [0, 0.1) is 5.92 Å². The van der Waals surface area contributed by atoms with Crippen molar-refractivity contribution >= 4 is 0 Å². The molecule has 0 unspecified atom stereocenters. The summed E-state index contributed by atoms with van der Waals surface area (Å²) >= 11 is 0. The summed E-state index contributed by atoms with van der Waals surface area (Å²) in [6.45, 7) is 6.63. The molecule has 0 aliphatic carbocycles. The number of nitrogens with one attached hydrogen (secondary N) is 2. The van der Waals surface area contributed by atoms with Gasteiger partial charge in [-0.2, -0.15) is 0 Å². The lowest BCUT2D eigenvalue weighted by Gasteiger charge is -2.30. The van der Waals surface area contributed by atoms with Crippen LogP contribution >= 0.6 is 0 Å². The zero-order valence-electron chi connectivity index (χ0n) is 7.78. The molecule has 0 heterocycles. The fourth-order valence-electron chi connectivity index (χ4n) is 1.15. The van der Waals surface area contributed by atoms with E-state index in [4.69, 9.17) is 0 Å². The summed E-state index contributed by atoms with van der Waals surface area (Å²) in [5, 5.41) is 6.50. The lowest BCUT2D eigenvalue weighted by Crippen LogP contribution is -2.51. The SMILES string of the molecule is CNC(C)(CC(C)C)NC. The summed E-state index contributed by atoms with van der Waals surface area (Å²) in [4.78, 5) is 0. The van der Waals surface area contributed by atoms with E-state index >= 15 is 0 Å². The van der Waals surface area contributed by atoms with Crippen LogP contribution in [0.2, 0.25) is 0 Å². The minimum atomic E-state index is 0.105. The van der Waals surface area contributed by atoms with E-state index in [0.717, 1.165) is 12.3 Å². The predicted octanol–water partition coefficient (Wildman–Crippen LogP) is 1.19. The molecule has 10 heavy (non-hydrogen) atoms. The molecule has 0 radical (unpaired) electrons. The molecular formula is C8H20N2. The molecule has 0 rings (SSSR count). The summed E-state index contributed by atoms with van der Waals surface area (Å²) in [5.41, 5.74) is 0.105. The van der Waals surface area contributed by atoms with Crippen LogP contribution in [-0.2, 0) is 0 Å². The second kappa shape index (κ2) is 3.94. The standard InChI is InChI=1S/C8H20N2/c1-7(2)6-8(3,9-4)10-5/h7,9-10H,6H2,1-5H3. The average molecular weight is 144 g/mol. The van der Waals surface area contributed by atoms with Gasteiger partial charge in [0.25, 0.3) is 0 Å². The van der Waals surface area contributed by atoms with Gasteiger partial charge in [0.05, 0.1) is 5.66 Å². The molecule has 0 amide bonds. The van der Waals surface area contributed by atoms with Gasteiger partial charge in [-0.1, -0.05) is 13.8 Å². The topological polar surface area (TPSA) is 24.1 Å². The highest BCUT2D eigenvalue weighted by molar-refractivity contribution is 4.77. The smallest absolute Gasteiger partial charge is 0.0655 e. The fraction of sp³-hybridized carbons (Fsp3) is 1.00. The maximum atomic E-state index is 3.25. The van der Waals surface area contributed by atoms with Crippen LogP contribution in [0.25, 0.3) is 0 Å². The molecule has 0 saturated carbocycles. The van der Waals surface area contributed by atoms with Crippen LogP contribution in [-0.4, -0.2) is 19.8 Å². The molecule has 0 bridgehead atoms. The number of rotatable bonds is 4. The Hall–Kier alpha value is -0.0800. The van der Waals surface area contributed by atoms with Crippen LogP contribution in [0.3, 0.4) is 0 Å². The highest BCUT2D eigenvalue weighted by Crippen LogP contribution is 2.11. The first-order chi connectivity index (χ1) is 4.54. The van der Waals surface area contributed by atoms with Crippen LogP contribution in [0.1, 0.15) is 27.2 Å². The fourth-order valence-corrected chi connectivity index (χ4v) is 1.15. The predicted molar refractivity (Wildman–Crippen MR) is 46.0 cm³/mol. The van der Waals surface area contributed by atoms with Crippen LogP contribution in [0.15, 0.2) is 0 Å². The summed E-state index contributed by atoms with van der Waals surface area (Å²) in [6, 6.07) is 0.